The minimum absolute atomic E-state index is 0.0611. The Morgan fingerprint density at radius 3 is 2.62 bits per heavy atom. The molecule has 26 heavy (non-hydrogen) atoms. The van der Waals surface area contributed by atoms with Gasteiger partial charge in [0, 0.05) is 18.7 Å². The van der Waals surface area contributed by atoms with E-state index in [1.807, 2.05) is 0 Å². The molecule has 1 unspecified atom stereocenters. The first-order chi connectivity index (χ1) is 12.3. The van der Waals surface area contributed by atoms with Crippen molar-refractivity contribution in [2.24, 2.45) is 5.92 Å². The Morgan fingerprint density at radius 2 is 2.04 bits per heavy atom. The van der Waals surface area contributed by atoms with Gasteiger partial charge in [-0.15, -0.1) is 5.10 Å². The molecule has 0 radical (unpaired) electrons. The molecule has 0 aliphatic carbocycles. The SMILES string of the molecule is COc1ccc(N2CC(C(=O)Nc3n[nH]c(C(F)(F)F)n3)CC2=O)cc1. The number of carbonyl (C=O) groups is 2. The Balaban J connectivity index is 1.65. The summed E-state index contributed by atoms with van der Waals surface area (Å²) in [5, 5.41) is 7.21. The summed E-state index contributed by atoms with van der Waals surface area (Å²) in [4.78, 5) is 29.0. The molecule has 1 aromatic heterocycles. The summed E-state index contributed by atoms with van der Waals surface area (Å²) >= 11 is 0. The van der Waals surface area contributed by atoms with Crippen LogP contribution in [0.2, 0.25) is 0 Å². The van der Waals surface area contributed by atoms with Gasteiger partial charge in [-0.3, -0.25) is 20.0 Å². The number of benzene rings is 1. The maximum absolute atomic E-state index is 12.5. The number of H-pyrrole nitrogens is 1. The topological polar surface area (TPSA) is 100 Å². The average molecular weight is 369 g/mol. The molecule has 1 aromatic carbocycles. The van der Waals surface area contributed by atoms with Crippen molar-refractivity contribution >= 4 is 23.5 Å². The number of rotatable bonds is 4. The number of nitrogens with one attached hydrogen (secondary N) is 2. The molecule has 1 saturated heterocycles. The van der Waals surface area contributed by atoms with Gasteiger partial charge in [0.15, 0.2) is 0 Å². The highest BCUT2D eigenvalue weighted by Crippen LogP contribution is 2.28. The number of anilines is 2. The Bertz CT molecular complexity index is 819. The van der Waals surface area contributed by atoms with Gasteiger partial charge in [0.1, 0.15) is 5.75 Å². The number of aromatic nitrogens is 3. The van der Waals surface area contributed by atoms with E-state index in [-0.39, 0.29) is 18.9 Å². The molecule has 2 heterocycles. The monoisotopic (exact) mass is 369 g/mol. The summed E-state index contributed by atoms with van der Waals surface area (Å²) in [5.41, 5.74) is 0.600. The van der Waals surface area contributed by atoms with Gasteiger partial charge in [0.05, 0.1) is 13.0 Å². The van der Waals surface area contributed by atoms with Gasteiger partial charge < -0.3 is 9.64 Å². The van der Waals surface area contributed by atoms with Crippen molar-refractivity contribution in [2.45, 2.75) is 12.6 Å². The average Bonchev–Trinajstić information content (AvgIpc) is 3.21. The van der Waals surface area contributed by atoms with E-state index in [0.717, 1.165) is 0 Å². The molecule has 0 bridgehead atoms. The van der Waals surface area contributed by atoms with Crippen LogP contribution in [-0.2, 0) is 15.8 Å². The molecule has 2 N–H and O–H groups in total. The second-order valence-corrected chi connectivity index (χ2v) is 5.60. The summed E-state index contributed by atoms with van der Waals surface area (Å²) < 4.78 is 42.5. The fourth-order valence-corrected chi connectivity index (χ4v) is 2.55. The Labute approximate surface area is 145 Å². The fourth-order valence-electron chi connectivity index (χ4n) is 2.55. The zero-order valence-electron chi connectivity index (χ0n) is 13.5. The number of hydrogen-bond acceptors (Lipinski definition) is 5. The number of nitrogens with zero attached hydrogens (tertiary/aromatic N) is 3. The van der Waals surface area contributed by atoms with Gasteiger partial charge in [0.25, 0.3) is 0 Å². The molecule has 11 heteroatoms. The van der Waals surface area contributed by atoms with E-state index in [0.29, 0.717) is 11.4 Å². The Morgan fingerprint density at radius 1 is 1.35 bits per heavy atom. The Hall–Kier alpha value is -3.11. The van der Waals surface area contributed by atoms with Gasteiger partial charge in [-0.05, 0) is 24.3 Å². The second-order valence-electron chi connectivity index (χ2n) is 5.60. The van der Waals surface area contributed by atoms with Crippen LogP contribution in [0.4, 0.5) is 24.8 Å². The van der Waals surface area contributed by atoms with Crippen LogP contribution >= 0.6 is 0 Å². The number of aromatic amines is 1. The van der Waals surface area contributed by atoms with Crippen LogP contribution in [0.1, 0.15) is 12.2 Å². The van der Waals surface area contributed by atoms with Gasteiger partial charge >= 0.3 is 6.18 Å². The summed E-state index contributed by atoms with van der Waals surface area (Å²) in [6.45, 7) is 0.105. The molecule has 8 nitrogen and oxygen atoms in total. The molecule has 3 rings (SSSR count). The minimum Gasteiger partial charge on any atom is -0.497 e. The van der Waals surface area contributed by atoms with Crippen LogP contribution < -0.4 is 15.0 Å². The zero-order chi connectivity index (χ0) is 18.9. The molecule has 1 aliphatic heterocycles. The van der Waals surface area contributed by atoms with Crippen LogP contribution in [0, 0.1) is 5.92 Å². The number of carbonyl (C=O) groups excluding carboxylic acids is 2. The maximum atomic E-state index is 12.5. The number of amides is 2. The number of ether oxygens (including phenoxy) is 1. The van der Waals surface area contributed by atoms with Crippen molar-refractivity contribution in [3.63, 3.8) is 0 Å². The smallest absolute Gasteiger partial charge is 0.451 e. The molecule has 0 spiro atoms. The second kappa shape index (κ2) is 6.65. The first-order valence-corrected chi connectivity index (χ1v) is 7.53. The highest BCUT2D eigenvalue weighted by atomic mass is 19.4. The van der Waals surface area contributed by atoms with Crippen molar-refractivity contribution in [1.29, 1.82) is 0 Å². The largest absolute Gasteiger partial charge is 0.497 e. The van der Waals surface area contributed by atoms with E-state index in [9.17, 15) is 22.8 Å². The molecule has 1 aliphatic rings. The molecule has 1 fully saturated rings. The van der Waals surface area contributed by atoms with Gasteiger partial charge in [0.2, 0.25) is 23.6 Å². The van der Waals surface area contributed by atoms with Crippen molar-refractivity contribution < 1.29 is 27.5 Å². The normalized spacial score (nSPS) is 17.5. The van der Waals surface area contributed by atoms with E-state index < -0.39 is 29.8 Å². The van der Waals surface area contributed by atoms with E-state index in [2.05, 4.69) is 15.4 Å². The summed E-state index contributed by atoms with van der Waals surface area (Å²) in [6, 6.07) is 6.73. The predicted molar refractivity (Wildman–Crippen MR) is 83.5 cm³/mol. The van der Waals surface area contributed by atoms with Gasteiger partial charge in [-0.1, -0.05) is 0 Å². The first-order valence-electron chi connectivity index (χ1n) is 7.53. The van der Waals surface area contributed by atoms with Crippen LogP contribution in [-0.4, -0.2) is 40.7 Å². The quantitative estimate of drug-likeness (QED) is 0.856. The predicted octanol–water partition coefficient (Wildman–Crippen LogP) is 1.82. The minimum atomic E-state index is -4.69. The molecular formula is C15H14F3N5O3. The lowest BCUT2D eigenvalue weighted by atomic mass is 10.1. The van der Waals surface area contributed by atoms with Gasteiger partial charge in [-0.2, -0.15) is 18.2 Å². The highest BCUT2D eigenvalue weighted by Gasteiger charge is 2.37. The zero-order valence-corrected chi connectivity index (χ0v) is 13.5. The van der Waals surface area contributed by atoms with Crippen LogP contribution in [0.5, 0.6) is 5.75 Å². The third-order valence-corrected chi connectivity index (χ3v) is 3.87. The first kappa shape index (κ1) is 17.7. The molecule has 2 aromatic rings. The summed E-state index contributed by atoms with van der Waals surface area (Å²) in [7, 11) is 1.52. The molecule has 138 valence electrons. The van der Waals surface area contributed by atoms with Crippen molar-refractivity contribution in [3.05, 3.63) is 30.1 Å². The molecular weight excluding hydrogens is 355 g/mol. The summed E-state index contributed by atoms with van der Waals surface area (Å²) in [6.07, 6.45) is -4.75. The lowest BCUT2D eigenvalue weighted by Gasteiger charge is -2.16. The van der Waals surface area contributed by atoms with Crippen molar-refractivity contribution in [2.75, 3.05) is 23.9 Å². The maximum Gasteiger partial charge on any atom is 0.451 e. The van der Waals surface area contributed by atoms with Crippen LogP contribution in [0.15, 0.2) is 24.3 Å². The van der Waals surface area contributed by atoms with Crippen molar-refractivity contribution in [3.8, 4) is 5.75 Å². The fraction of sp³-hybridized carbons (Fsp3) is 0.333. The molecule has 2 amide bonds. The number of hydrogen-bond donors (Lipinski definition) is 2. The van der Waals surface area contributed by atoms with E-state index >= 15 is 0 Å². The van der Waals surface area contributed by atoms with Crippen LogP contribution in [0.3, 0.4) is 0 Å². The van der Waals surface area contributed by atoms with Crippen LogP contribution in [0.25, 0.3) is 0 Å². The van der Waals surface area contributed by atoms with Crippen molar-refractivity contribution in [1.82, 2.24) is 15.2 Å². The molecule has 0 saturated carbocycles. The number of alkyl halides is 3. The third-order valence-electron chi connectivity index (χ3n) is 3.87. The lowest BCUT2D eigenvalue weighted by Crippen LogP contribution is -2.28. The third kappa shape index (κ3) is 3.60. The number of halogens is 3. The van der Waals surface area contributed by atoms with E-state index in [1.54, 1.807) is 29.4 Å². The summed E-state index contributed by atoms with van der Waals surface area (Å²) in [5.74, 6) is -2.78. The molecule has 1 atom stereocenters. The van der Waals surface area contributed by atoms with Gasteiger partial charge in [-0.25, -0.2) is 0 Å². The Kier molecular flexibility index (Phi) is 4.53. The highest BCUT2D eigenvalue weighted by molar-refractivity contribution is 6.03. The van der Waals surface area contributed by atoms with E-state index in [1.165, 1.54) is 12.0 Å². The number of methoxy groups -OCH3 is 1. The lowest BCUT2D eigenvalue weighted by molar-refractivity contribution is -0.144. The van der Waals surface area contributed by atoms with E-state index in [4.69, 9.17) is 4.74 Å². The standard InChI is InChI=1S/C15H14F3N5O3/c1-26-10-4-2-9(3-5-10)23-7-8(6-11(23)24)12(25)19-14-20-13(21-22-14)15(16,17)18/h2-5,8H,6-7H2,1H3,(H2,19,20,21,22,25).